The van der Waals surface area contributed by atoms with Crippen molar-refractivity contribution >= 4 is 17.5 Å². The second-order valence-electron chi connectivity index (χ2n) is 3.79. The lowest BCUT2D eigenvalue weighted by Gasteiger charge is -2.17. The molecular weight excluding hydrogens is 234 g/mol. The smallest absolute Gasteiger partial charge is 0.256 e. The summed E-state index contributed by atoms with van der Waals surface area (Å²) < 4.78 is 5.04. The third kappa shape index (κ3) is 3.13. The third-order valence-corrected chi connectivity index (χ3v) is 2.50. The highest BCUT2D eigenvalue weighted by Crippen LogP contribution is 2.20. The molecule has 1 rings (SSSR count). The van der Waals surface area contributed by atoms with Crippen molar-refractivity contribution in [3.63, 3.8) is 0 Å². The van der Waals surface area contributed by atoms with Crippen LogP contribution in [0, 0.1) is 0 Å². The Balaban J connectivity index is 2.92. The second-order valence-corrected chi connectivity index (χ2v) is 3.79. The number of hydrogen-bond donors (Lipinski definition) is 2. The van der Waals surface area contributed by atoms with Crippen molar-refractivity contribution in [2.24, 2.45) is 0 Å². The zero-order valence-corrected chi connectivity index (χ0v) is 10.7. The molecule has 3 N–H and O–H groups in total. The normalized spacial score (nSPS) is 9.72. The quantitative estimate of drug-likeness (QED) is 0.743. The minimum absolute atomic E-state index is 0.0218. The number of amides is 2. The molecule has 6 heteroatoms. The van der Waals surface area contributed by atoms with Crippen LogP contribution in [0.2, 0.25) is 0 Å². The van der Waals surface area contributed by atoms with Gasteiger partial charge in [0.2, 0.25) is 5.91 Å². The van der Waals surface area contributed by atoms with Crippen LogP contribution in [-0.2, 0) is 4.79 Å². The van der Waals surface area contributed by atoms with Crippen LogP contribution in [-0.4, -0.2) is 44.5 Å². The van der Waals surface area contributed by atoms with E-state index in [1.807, 2.05) is 0 Å². The number of methoxy groups -OCH3 is 1. The molecule has 0 fully saturated rings. The molecular formula is C12H17N3O3. The summed E-state index contributed by atoms with van der Waals surface area (Å²) in [5.41, 5.74) is 6.41. The molecule has 0 aliphatic rings. The van der Waals surface area contributed by atoms with Gasteiger partial charge in [-0.3, -0.25) is 9.59 Å². The van der Waals surface area contributed by atoms with Crippen LogP contribution in [0.3, 0.4) is 0 Å². The third-order valence-electron chi connectivity index (χ3n) is 2.50. The standard InChI is InChI=1S/C12H17N3O3/c1-14-11(16)7-15(2)12(17)9-6-8(18-3)4-5-10(9)13/h4-6H,7,13H2,1-3H3,(H,14,16). The van der Waals surface area contributed by atoms with Crippen molar-refractivity contribution in [2.75, 3.05) is 33.5 Å². The van der Waals surface area contributed by atoms with Crippen LogP contribution in [0.15, 0.2) is 18.2 Å². The molecule has 0 saturated heterocycles. The molecule has 0 spiro atoms. The van der Waals surface area contributed by atoms with Crippen molar-refractivity contribution in [3.8, 4) is 5.75 Å². The number of benzene rings is 1. The number of anilines is 1. The molecule has 0 saturated carbocycles. The maximum Gasteiger partial charge on any atom is 0.256 e. The van der Waals surface area contributed by atoms with Crippen LogP contribution in [0.5, 0.6) is 5.75 Å². The summed E-state index contributed by atoms with van der Waals surface area (Å²) in [6, 6.07) is 4.82. The highest BCUT2D eigenvalue weighted by Gasteiger charge is 2.17. The lowest BCUT2D eigenvalue weighted by atomic mass is 10.1. The van der Waals surface area contributed by atoms with Crippen molar-refractivity contribution < 1.29 is 14.3 Å². The van der Waals surface area contributed by atoms with E-state index in [2.05, 4.69) is 5.32 Å². The van der Waals surface area contributed by atoms with Crippen molar-refractivity contribution in [2.45, 2.75) is 0 Å². The van der Waals surface area contributed by atoms with E-state index in [9.17, 15) is 9.59 Å². The zero-order valence-electron chi connectivity index (χ0n) is 10.7. The van der Waals surface area contributed by atoms with Crippen LogP contribution >= 0.6 is 0 Å². The van der Waals surface area contributed by atoms with E-state index < -0.39 is 0 Å². The average Bonchev–Trinajstić information content (AvgIpc) is 2.38. The molecule has 1 aromatic rings. The van der Waals surface area contributed by atoms with Gasteiger partial charge in [-0.2, -0.15) is 0 Å². The fourth-order valence-corrected chi connectivity index (χ4v) is 1.42. The predicted octanol–water partition coefficient (Wildman–Crippen LogP) is 0.0954. The van der Waals surface area contributed by atoms with Crippen LogP contribution in [0.25, 0.3) is 0 Å². The Morgan fingerprint density at radius 1 is 1.44 bits per heavy atom. The van der Waals surface area contributed by atoms with E-state index in [4.69, 9.17) is 10.5 Å². The number of carbonyl (C=O) groups is 2. The summed E-state index contributed by atoms with van der Waals surface area (Å²) in [7, 11) is 4.56. The van der Waals surface area contributed by atoms with Crippen molar-refractivity contribution in [1.29, 1.82) is 0 Å². The van der Waals surface area contributed by atoms with Crippen molar-refractivity contribution in [3.05, 3.63) is 23.8 Å². The summed E-state index contributed by atoms with van der Waals surface area (Å²) in [6.07, 6.45) is 0. The predicted molar refractivity (Wildman–Crippen MR) is 68.4 cm³/mol. The van der Waals surface area contributed by atoms with Gasteiger partial charge in [-0.1, -0.05) is 0 Å². The number of likely N-dealkylation sites (N-methyl/N-ethyl adjacent to an activating group) is 2. The monoisotopic (exact) mass is 251 g/mol. The fraction of sp³-hybridized carbons (Fsp3) is 0.333. The maximum atomic E-state index is 12.1. The van der Waals surface area contributed by atoms with E-state index in [-0.39, 0.29) is 18.4 Å². The van der Waals surface area contributed by atoms with Gasteiger partial charge in [-0.15, -0.1) is 0 Å². The average molecular weight is 251 g/mol. The SMILES string of the molecule is CNC(=O)CN(C)C(=O)c1cc(OC)ccc1N. The molecule has 18 heavy (non-hydrogen) atoms. The molecule has 0 unspecified atom stereocenters. The first-order chi connectivity index (χ1) is 8.49. The number of nitrogens with zero attached hydrogens (tertiary/aromatic N) is 1. The minimum atomic E-state index is -0.324. The van der Waals surface area contributed by atoms with Gasteiger partial charge in [0.15, 0.2) is 0 Å². The summed E-state index contributed by atoms with van der Waals surface area (Å²) in [5.74, 6) is -0.0248. The first-order valence-electron chi connectivity index (χ1n) is 5.39. The fourth-order valence-electron chi connectivity index (χ4n) is 1.42. The number of hydrogen-bond acceptors (Lipinski definition) is 4. The molecule has 2 amide bonds. The van der Waals surface area contributed by atoms with Gasteiger partial charge in [0.05, 0.1) is 19.2 Å². The van der Waals surface area contributed by atoms with Gasteiger partial charge in [0, 0.05) is 19.8 Å². The van der Waals surface area contributed by atoms with Crippen LogP contribution in [0.1, 0.15) is 10.4 Å². The number of rotatable bonds is 4. The van der Waals surface area contributed by atoms with E-state index in [1.165, 1.54) is 26.1 Å². The second kappa shape index (κ2) is 5.90. The van der Waals surface area contributed by atoms with Gasteiger partial charge in [0.25, 0.3) is 5.91 Å². The Hall–Kier alpha value is -2.24. The van der Waals surface area contributed by atoms with E-state index in [0.29, 0.717) is 17.0 Å². The van der Waals surface area contributed by atoms with Gasteiger partial charge in [0.1, 0.15) is 5.75 Å². The van der Waals surface area contributed by atoms with Crippen LogP contribution < -0.4 is 15.8 Å². The number of ether oxygens (including phenoxy) is 1. The Morgan fingerprint density at radius 3 is 2.67 bits per heavy atom. The number of carbonyl (C=O) groups excluding carboxylic acids is 2. The molecule has 1 aromatic carbocycles. The zero-order chi connectivity index (χ0) is 13.7. The first-order valence-corrected chi connectivity index (χ1v) is 5.39. The largest absolute Gasteiger partial charge is 0.497 e. The summed E-state index contributed by atoms with van der Waals surface area (Å²) in [6.45, 7) is -0.0218. The molecule has 0 aliphatic carbocycles. The van der Waals surface area contributed by atoms with Gasteiger partial charge < -0.3 is 20.7 Å². The Morgan fingerprint density at radius 2 is 2.11 bits per heavy atom. The Labute approximate surface area is 106 Å². The van der Waals surface area contributed by atoms with Crippen molar-refractivity contribution in [1.82, 2.24) is 10.2 Å². The highest BCUT2D eigenvalue weighted by molar-refractivity contribution is 6.00. The molecule has 0 bridgehead atoms. The maximum absolute atomic E-state index is 12.1. The molecule has 98 valence electrons. The Kier molecular flexibility index (Phi) is 4.53. The van der Waals surface area contributed by atoms with Gasteiger partial charge in [-0.25, -0.2) is 0 Å². The topological polar surface area (TPSA) is 84.7 Å². The summed E-state index contributed by atoms with van der Waals surface area (Å²) in [5, 5.41) is 2.45. The Bertz CT molecular complexity index is 460. The number of nitrogen functional groups attached to an aromatic ring is 1. The lowest BCUT2D eigenvalue weighted by molar-refractivity contribution is -0.121. The highest BCUT2D eigenvalue weighted by atomic mass is 16.5. The summed E-state index contributed by atoms with van der Waals surface area (Å²) >= 11 is 0. The van der Waals surface area contributed by atoms with E-state index >= 15 is 0 Å². The molecule has 0 radical (unpaired) electrons. The number of nitrogens with two attached hydrogens (primary N) is 1. The molecule has 0 aromatic heterocycles. The number of nitrogens with one attached hydrogen (secondary N) is 1. The van der Waals surface area contributed by atoms with Gasteiger partial charge >= 0.3 is 0 Å². The molecule has 6 nitrogen and oxygen atoms in total. The minimum Gasteiger partial charge on any atom is -0.497 e. The van der Waals surface area contributed by atoms with E-state index in [1.54, 1.807) is 18.2 Å². The molecule has 0 atom stereocenters. The van der Waals surface area contributed by atoms with E-state index in [0.717, 1.165) is 0 Å². The molecule has 0 aliphatic heterocycles. The van der Waals surface area contributed by atoms with Crippen LogP contribution in [0.4, 0.5) is 5.69 Å². The lowest BCUT2D eigenvalue weighted by Crippen LogP contribution is -2.37. The summed E-state index contributed by atoms with van der Waals surface area (Å²) in [4.78, 5) is 24.6. The first kappa shape index (κ1) is 13.8. The van der Waals surface area contributed by atoms with Gasteiger partial charge in [-0.05, 0) is 18.2 Å². The molecule has 0 heterocycles.